The second-order valence-electron chi connectivity index (χ2n) is 11.3. The molecule has 0 N–H and O–H groups in total. The van der Waals surface area contributed by atoms with E-state index in [2.05, 4.69) is 114 Å². The first kappa shape index (κ1) is 23.6. The maximum Gasteiger partial charge on any atom is 0.159 e. The van der Waals surface area contributed by atoms with Crippen molar-refractivity contribution in [3.05, 3.63) is 140 Å². The van der Waals surface area contributed by atoms with Gasteiger partial charge in [0.15, 0.2) is 5.58 Å². The summed E-state index contributed by atoms with van der Waals surface area (Å²) < 4.78 is 19.4. The van der Waals surface area contributed by atoms with Crippen LogP contribution in [0.15, 0.2) is 153 Å². The fourth-order valence-corrected chi connectivity index (χ4v) is 6.82. The van der Waals surface area contributed by atoms with Crippen LogP contribution in [0, 0.1) is 0 Å². The Bertz CT molecular complexity index is 2740. The molecule has 10 rings (SSSR count). The minimum atomic E-state index is 0.834. The van der Waals surface area contributed by atoms with E-state index in [0.29, 0.717) is 0 Å². The predicted octanol–water partition coefficient (Wildman–Crippen LogP) is 12.0. The highest BCUT2D eigenvalue weighted by molar-refractivity contribution is 6.18. The van der Waals surface area contributed by atoms with Crippen LogP contribution in [0.2, 0.25) is 0 Å². The lowest BCUT2D eigenvalue weighted by molar-refractivity contribution is 0.668. The molecule has 0 saturated heterocycles. The van der Waals surface area contributed by atoms with E-state index < -0.39 is 0 Å². The number of hydrogen-bond acceptors (Lipinski definition) is 4. The fourth-order valence-electron chi connectivity index (χ4n) is 6.82. The summed E-state index contributed by atoms with van der Waals surface area (Å²) in [4.78, 5) is 2.26. The van der Waals surface area contributed by atoms with Crippen molar-refractivity contribution >= 4 is 93.7 Å². The quantitative estimate of drug-likeness (QED) is 0.214. The fraction of sp³-hybridized carbons (Fsp3) is 0. The first-order chi connectivity index (χ1) is 21.8. The molecule has 0 amide bonds. The second kappa shape index (κ2) is 8.76. The largest absolute Gasteiger partial charge is 0.456 e. The summed E-state index contributed by atoms with van der Waals surface area (Å²) in [6, 6.07) is 48.3. The van der Waals surface area contributed by atoms with Crippen molar-refractivity contribution in [2.45, 2.75) is 0 Å². The molecule has 0 atom stereocenters. The minimum Gasteiger partial charge on any atom is -0.456 e. The van der Waals surface area contributed by atoms with Crippen LogP contribution in [0.5, 0.6) is 0 Å². The number of benzene rings is 7. The zero-order valence-electron chi connectivity index (χ0n) is 23.5. The van der Waals surface area contributed by atoms with Gasteiger partial charge in [-0.25, -0.2) is 0 Å². The Hall–Kier alpha value is -6.00. The van der Waals surface area contributed by atoms with Gasteiger partial charge in [-0.1, -0.05) is 78.9 Å². The predicted molar refractivity (Wildman–Crippen MR) is 180 cm³/mol. The molecular weight excluding hydrogens is 542 g/mol. The number of nitrogens with zero attached hydrogens (tertiary/aromatic N) is 1. The van der Waals surface area contributed by atoms with Crippen molar-refractivity contribution in [3.8, 4) is 0 Å². The molecule has 44 heavy (non-hydrogen) atoms. The normalized spacial score (nSPS) is 12.1. The molecule has 0 fully saturated rings. The molecule has 206 valence electrons. The number of fused-ring (bicyclic) bond motifs is 11. The number of rotatable bonds is 3. The second-order valence-corrected chi connectivity index (χ2v) is 11.3. The van der Waals surface area contributed by atoms with Crippen molar-refractivity contribution in [3.63, 3.8) is 0 Å². The molecule has 4 nitrogen and oxygen atoms in total. The van der Waals surface area contributed by atoms with Gasteiger partial charge in [0.25, 0.3) is 0 Å². The van der Waals surface area contributed by atoms with E-state index in [9.17, 15) is 0 Å². The highest BCUT2D eigenvalue weighted by atomic mass is 16.3. The van der Waals surface area contributed by atoms with Crippen molar-refractivity contribution in [1.82, 2.24) is 0 Å². The van der Waals surface area contributed by atoms with Crippen LogP contribution in [0.25, 0.3) is 76.6 Å². The van der Waals surface area contributed by atoms with Gasteiger partial charge < -0.3 is 18.2 Å². The molecule has 0 bridgehead atoms. The Morgan fingerprint density at radius 2 is 0.932 bits per heavy atom. The summed E-state index contributed by atoms with van der Waals surface area (Å²) in [5.74, 6) is 0. The summed E-state index contributed by atoms with van der Waals surface area (Å²) in [6.07, 6.45) is 0. The molecule has 0 radical (unpaired) electrons. The lowest BCUT2D eigenvalue weighted by Gasteiger charge is -2.25. The maximum atomic E-state index is 6.82. The Morgan fingerprint density at radius 3 is 1.80 bits per heavy atom. The van der Waals surface area contributed by atoms with Gasteiger partial charge >= 0.3 is 0 Å². The van der Waals surface area contributed by atoms with Gasteiger partial charge in [0.2, 0.25) is 0 Å². The van der Waals surface area contributed by atoms with E-state index in [1.54, 1.807) is 0 Å². The van der Waals surface area contributed by atoms with Crippen LogP contribution in [0.3, 0.4) is 0 Å². The van der Waals surface area contributed by atoms with Crippen LogP contribution in [0.4, 0.5) is 17.1 Å². The maximum absolute atomic E-state index is 6.82. The van der Waals surface area contributed by atoms with Crippen LogP contribution >= 0.6 is 0 Å². The monoisotopic (exact) mass is 565 g/mol. The Kier molecular flexibility index (Phi) is 4.69. The van der Waals surface area contributed by atoms with E-state index in [4.69, 9.17) is 13.3 Å². The smallest absolute Gasteiger partial charge is 0.159 e. The molecule has 0 unspecified atom stereocenters. The van der Waals surface area contributed by atoms with Gasteiger partial charge in [-0.3, -0.25) is 0 Å². The van der Waals surface area contributed by atoms with Gasteiger partial charge in [0, 0.05) is 49.5 Å². The molecule has 0 aliphatic rings. The van der Waals surface area contributed by atoms with Gasteiger partial charge in [0.1, 0.15) is 27.9 Å². The molecule has 0 spiro atoms. The van der Waals surface area contributed by atoms with Crippen LogP contribution in [0.1, 0.15) is 0 Å². The Morgan fingerprint density at radius 1 is 0.341 bits per heavy atom. The third-order valence-corrected chi connectivity index (χ3v) is 8.85. The highest BCUT2D eigenvalue weighted by Gasteiger charge is 2.22. The first-order valence-corrected chi connectivity index (χ1v) is 14.8. The zero-order valence-corrected chi connectivity index (χ0v) is 23.5. The lowest BCUT2D eigenvalue weighted by atomic mass is 10.0. The number of anilines is 3. The summed E-state index contributed by atoms with van der Waals surface area (Å²) in [5, 5.41) is 8.80. The minimum absolute atomic E-state index is 0.834. The molecule has 3 heterocycles. The molecule has 10 aromatic rings. The summed E-state index contributed by atoms with van der Waals surface area (Å²) in [5.41, 5.74) is 8.10. The third kappa shape index (κ3) is 3.28. The van der Waals surface area contributed by atoms with E-state index in [1.807, 2.05) is 30.3 Å². The molecular formula is C40H23NO3. The summed E-state index contributed by atoms with van der Waals surface area (Å²) >= 11 is 0. The van der Waals surface area contributed by atoms with E-state index in [0.717, 1.165) is 93.7 Å². The lowest BCUT2D eigenvalue weighted by Crippen LogP contribution is -2.10. The first-order valence-electron chi connectivity index (χ1n) is 14.8. The Labute approximate surface area is 250 Å². The van der Waals surface area contributed by atoms with Crippen LogP contribution < -0.4 is 4.90 Å². The number of hydrogen-bond donors (Lipinski definition) is 0. The topological polar surface area (TPSA) is 42.7 Å². The van der Waals surface area contributed by atoms with Crippen LogP contribution in [-0.2, 0) is 0 Å². The molecule has 0 aliphatic heterocycles. The van der Waals surface area contributed by atoms with Crippen LogP contribution in [-0.4, -0.2) is 0 Å². The third-order valence-electron chi connectivity index (χ3n) is 8.85. The van der Waals surface area contributed by atoms with Crippen molar-refractivity contribution in [2.75, 3.05) is 4.90 Å². The van der Waals surface area contributed by atoms with E-state index in [-0.39, 0.29) is 0 Å². The molecule has 0 saturated carbocycles. The van der Waals surface area contributed by atoms with E-state index >= 15 is 0 Å². The summed E-state index contributed by atoms with van der Waals surface area (Å²) in [6.45, 7) is 0. The van der Waals surface area contributed by atoms with Gasteiger partial charge in [0.05, 0.1) is 11.4 Å². The Balaban J connectivity index is 1.28. The average Bonchev–Trinajstić information content (AvgIpc) is 3.76. The SMILES string of the molecule is c1ccc2c(c1)ccc1c3cccc(N(c4ccc5c(c4)oc4ccccc45)c4ccc5oc6ccccc6c5c4)c3oc21. The number of furan rings is 3. The van der Waals surface area contributed by atoms with Crippen molar-refractivity contribution < 1.29 is 13.3 Å². The zero-order chi connectivity index (χ0) is 28.8. The molecule has 3 aromatic heterocycles. The van der Waals surface area contributed by atoms with Gasteiger partial charge in [-0.2, -0.15) is 0 Å². The molecule has 0 aliphatic carbocycles. The van der Waals surface area contributed by atoms with Crippen molar-refractivity contribution in [2.24, 2.45) is 0 Å². The highest BCUT2D eigenvalue weighted by Crippen LogP contribution is 2.45. The number of para-hydroxylation sites is 3. The molecule has 4 heteroatoms. The van der Waals surface area contributed by atoms with Crippen molar-refractivity contribution in [1.29, 1.82) is 0 Å². The molecule has 7 aromatic carbocycles. The summed E-state index contributed by atoms with van der Waals surface area (Å²) in [7, 11) is 0. The average molecular weight is 566 g/mol. The van der Waals surface area contributed by atoms with Gasteiger partial charge in [-0.05, 0) is 60.0 Å². The van der Waals surface area contributed by atoms with E-state index in [1.165, 1.54) is 0 Å². The standard InChI is InChI=1S/C40H23NO3/c1-2-9-27-24(8-1)16-19-32-31-12-7-13-34(40(31)44-39(27)32)41(25-18-21-37-33(22-25)29-11-4-6-15-36(29)42-37)26-17-20-30-28-10-3-5-14-35(28)43-38(30)23-26/h1-23H. The van der Waals surface area contributed by atoms with Gasteiger partial charge in [-0.15, -0.1) is 0 Å².